The summed E-state index contributed by atoms with van der Waals surface area (Å²) in [5.74, 6) is 0. The van der Waals surface area contributed by atoms with E-state index >= 15 is 0 Å². The Hall–Kier alpha value is -0.410. The van der Waals surface area contributed by atoms with Crippen LogP contribution in [-0.2, 0) is 0 Å². The fraction of sp³-hybridized carbons (Fsp3) is 0.500. The van der Waals surface area contributed by atoms with Crippen LogP contribution in [0.4, 0.5) is 0 Å². The Kier molecular flexibility index (Phi) is 1.69. The predicted octanol–water partition coefficient (Wildman–Crippen LogP) is 1.50. The molecule has 0 aromatic carbocycles. The van der Waals surface area contributed by atoms with Crippen LogP contribution in [0.1, 0.15) is 12.8 Å². The second-order valence-electron chi connectivity index (χ2n) is 2.79. The molecule has 1 saturated heterocycles. The molecular formula is C8H11NOS. The van der Waals surface area contributed by atoms with E-state index in [9.17, 15) is 5.11 Å². The normalized spacial score (nSPS) is 29.6. The number of allylic oxidation sites excluding steroid dienone is 2. The molecule has 0 radical (unpaired) electrons. The van der Waals surface area contributed by atoms with Crippen molar-refractivity contribution in [2.45, 2.75) is 18.4 Å². The summed E-state index contributed by atoms with van der Waals surface area (Å²) in [6, 6.07) is 0. The second kappa shape index (κ2) is 2.57. The lowest BCUT2D eigenvalue weighted by Crippen LogP contribution is -2.21. The number of hydrogen-bond donors (Lipinski definition) is 1. The summed E-state index contributed by atoms with van der Waals surface area (Å²) in [5, 5.41) is 9.44. The standard InChI is InChI=1S/C8H11NOS/c1-9-6-4-2-3-5-7(6)11-8(9)10/h4-5,8,10H,2-3H2,1H3. The molecule has 2 aliphatic rings. The van der Waals surface area contributed by atoms with E-state index in [1.165, 1.54) is 22.4 Å². The zero-order valence-corrected chi connectivity index (χ0v) is 7.27. The van der Waals surface area contributed by atoms with Crippen LogP contribution in [-0.4, -0.2) is 22.6 Å². The molecule has 2 rings (SSSR count). The maximum Gasteiger partial charge on any atom is 0.180 e. The van der Waals surface area contributed by atoms with Crippen LogP contribution in [0.3, 0.4) is 0 Å². The van der Waals surface area contributed by atoms with Gasteiger partial charge in [-0.2, -0.15) is 0 Å². The van der Waals surface area contributed by atoms with Gasteiger partial charge in [-0.1, -0.05) is 23.9 Å². The van der Waals surface area contributed by atoms with Crippen molar-refractivity contribution >= 4 is 11.8 Å². The molecule has 60 valence electrons. The highest BCUT2D eigenvalue weighted by Crippen LogP contribution is 2.41. The summed E-state index contributed by atoms with van der Waals surface area (Å²) in [7, 11) is 1.93. The smallest absolute Gasteiger partial charge is 0.180 e. The molecule has 1 aliphatic heterocycles. The summed E-state index contributed by atoms with van der Waals surface area (Å²) in [6.07, 6.45) is 6.62. The van der Waals surface area contributed by atoms with Gasteiger partial charge in [0.2, 0.25) is 0 Å². The lowest BCUT2D eigenvalue weighted by molar-refractivity contribution is 0.137. The van der Waals surface area contributed by atoms with E-state index in [0.29, 0.717) is 0 Å². The Morgan fingerprint density at radius 2 is 2.27 bits per heavy atom. The average molecular weight is 169 g/mol. The lowest BCUT2D eigenvalue weighted by Gasteiger charge is -2.16. The van der Waals surface area contributed by atoms with Crippen LogP contribution < -0.4 is 0 Å². The number of hydrogen-bond acceptors (Lipinski definition) is 3. The summed E-state index contributed by atoms with van der Waals surface area (Å²) in [4.78, 5) is 3.15. The zero-order valence-electron chi connectivity index (χ0n) is 6.45. The summed E-state index contributed by atoms with van der Waals surface area (Å²) < 4.78 is 0. The molecule has 1 fully saturated rings. The molecule has 0 spiro atoms. The number of aliphatic hydroxyl groups is 1. The van der Waals surface area contributed by atoms with Crippen molar-refractivity contribution in [3.05, 3.63) is 22.8 Å². The third kappa shape index (κ3) is 1.08. The Balaban J connectivity index is 2.31. The van der Waals surface area contributed by atoms with Gasteiger partial charge in [-0.15, -0.1) is 0 Å². The number of nitrogens with zero attached hydrogens (tertiary/aromatic N) is 1. The van der Waals surface area contributed by atoms with E-state index in [4.69, 9.17) is 0 Å². The van der Waals surface area contributed by atoms with Crippen LogP contribution in [0.5, 0.6) is 0 Å². The first-order valence-corrected chi connectivity index (χ1v) is 4.65. The van der Waals surface area contributed by atoms with E-state index in [1.807, 2.05) is 11.9 Å². The number of aliphatic hydroxyl groups excluding tert-OH is 1. The minimum atomic E-state index is -0.370. The van der Waals surface area contributed by atoms with Crippen molar-refractivity contribution < 1.29 is 5.11 Å². The molecule has 3 heteroatoms. The third-order valence-electron chi connectivity index (χ3n) is 2.03. The quantitative estimate of drug-likeness (QED) is 0.594. The highest BCUT2D eigenvalue weighted by molar-refractivity contribution is 8.04. The molecule has 1 atom stereocenters. The monoisotopic (exact) mass is 169 g/mol. The topological polar surface area (TPSA) is 23.5 Å². The van der Waals surface area contributed by atoms with Crippen LogP contribution in [0, 0.1) is 0 Å². The number of fused-ring (bicyclic) bond motifs is 1. The first kappa shape index (κ1) is 7.25. The van der Waals surface area contributed by atoms with Crippen molar-refractivity contribution in [1.82, 2.24) is 4.90 Å². The molecule has 0 aromatic heterocycles. The zero-order chi connectivity index (χ0) is 7.84. The van der Waals surface area contributed by atoms with Crippen LogP contribution in [0.2, 0.25) is 0 Å². The van der Waals surface area contributed by atoms with Crippen LogP contribution in [0.25, 0.3) is 0 Å². The van der Waals surface area contributed by atoms with Crippen molar-refractivity contribution in [3.63, 3.8) is 0 Å². The van der Waals surface area contributed by atoms with Gasteiger partial charge in [-0.25, -0.2) is 0 Å². The number of likely N-dealkylation sites (N-methyl/N-ethyl adjacent to an activating group) is 1. The molecule has 0 amide bonds. The van der Waals surface area contributed by atoms with E-state index in [2.05, 4.69) is 12.2 Å². The Labute approximate surface area is 70.6 Å². The SMILES string of the molecule is CN1C2=CCCC=C2SC1O. The number of rotatable bonds is 0. The lowest BCUT2D eigenvalue weighted by atomic mass is 10.1. The molecule has 0 aromatic rings. The fourth-order valence-electron chi connectivity index (χ4n) is 1.38. The second-order valence-corrected chi connectivity index (χ2v) is 3.89. The minimum absolute atomic E-state index is 0.370. The van der Waals surface area contributed by atoms with E-state index < -0.39 is 0 Å². The fourth-order valence-corrected chi connectivity index (χ4v) is 2.44. The Morgan fingerprint density at radius 3 is 3.00 bits per heavy atom. The average Bonchev–Trinajstić information content (AvgIpc) is 2.30. The van der Waals surface area contributed by atoms with Gasteiger partial charge in [0.1, 0.15) is 0 Å². The van der Waals surface area contributed by atoms with Gasteiger partial charge >= 0.3 is 0 Å². The van der Waals surface area contributed by atoms with Gasteiger partial charge in [-0.3, -0.25) is 0 Å². The summed E-state index contributed by atoms with van der Waals surface area (Å²) in [5.41, 5.74) is 0.833. The maximum atomic E-state index is 9.44. The van der Waals surface area contributed by atoms with Gasteiger partial charge in [0, 0.05) is 17.6 Å². The number of thioether (sulfide) groups is 1. The first-order chi connectivity index (χ1) is 5.29. The molecule has 0 saturated carbocycles. The van der Waals surface area contributed by atoms with Gasteiger partial charge in [0.15, 0.2) is 5.56 Å². The van der Waals surface area contributed by atoms with Gasteiger partial charge in [-0.05, 0) is 12.8 Å². The molecule has 0 bridgehead atoms. The van der Waals surface area contributed by atoms with Crippen LogP contribution in [0.15, 0.2) is 22.8 Å². The molecule has 11 heavy (non-hydrogen) atoms. The third-order valence-corrected chi connectivity index (χ3v) is 3.19. The summed E-state index contributed by atoms with van der Waals surface area (Å²) >= 11 is 1.53. The van der Waals surface area contributed by atoms with Crippen molar-refractivity contribution in [3.8, 4) is 0 Å². The van der Waals surface area contributed by atoms with Gasteiger partial charge in [0.25, 0.3) is 0 Å². The first-order valence-electron chi connectivity index (χ1n) is 3.77. The molecule has 2 nitrogen and oxygen atoms in total. The van der Waals surface area contributed by atoms with Crippen molar-refractivity contribution in [1.29, 1.82) is 0 Å². The van der Waals surface area contributed by atoms with Crippen molar-refractivity contribution in [2.75, 3.05) is 7.05 Å². The highest BCUT2D eigenvalue weighted by atomic mass is 32.2. The Bertz CT molecular complexity index is 234. The molecule has 1 heterocycles. The van der Waals surface area contributed by atoms with Gasteiger partial charge < -0.3 is 10.0 Å². The highest BCUT2D eigenvalue weighted by Gasteiger charge is 2.28. The van der Waals surface area contributed by atoms with E-state index in [1.54, 1.807) is 0 Å². The van der Waals surface area contributed by atoms with E-state index in [-0.39, 0.29) is 5.56 Å². The molecular weight excluding hydrogens is 158 g/mol. The predicted molar refractivity (Wildman–Crippen MR) is 46.8 cm³/mol. The molecule has 1 N–H and O–H groups in total. The summed E-state index contributed by atoms with van der Waals surface area (Å²) in [6.45, 7) is 0. The van der Waals surface area contributed by atoms with Crippen LogP contribution >= 0.6 is 11.8 Å². The van der Waals surface area contributed by atoms with E-state index in [0.717, 1.165) is 12.8 Å². The maximum absolute atomic E-state index is 9.44. The molecule has 1 unspecified atom stereocenters. The minimum Gasteiger partial charge on any atom is -0.364 e. The Morgan fingerprint density at radius 1 is 1.55 bits per heavy atom. The van der Waals surface area contributed by atoms with Gasteiger partial charge in [0.05, 0.1) is 0 Å². The largest absolute Gasteiger partial charge is 0.364 e. The van der Waals surface area contributed by atoms with Crippen molar-refractivity contribution in [2.24, 2.45) is 0 Å². The molecule has 1 aliphatic carbocycles.